The highest BCUT2D eigenvalue weighted by molar-refractivity contribution is 5.92. The van der Waals surface area contributed by atoms with Crippen molar-refractivity contribution in [1.29, 1.82) is 0 Å². The van der Waals surface area contributed by atoms with Crippen LogP contribution in [0.3, 0.4) is 0 Å². The Morgan fingerprint density at radius 1 is 1.13 bits per heavy atom. The number of hydrogen-bond acceptors (Lipinski definition) is 2. The van der Waals surface area contributed by atoms with Crippen LogP contribution in [0.5, 0.6) is 0 Å². The SMILES string of the molecule is CCc1cccc(NC(N)=NCc2cccc3cccnc23)c1. The molecule has 0 radical (unpaired) electrons. The number of fused-ring (bicyclic) bond motifs is 1. The van der Waals surface area contributed by atoms with Crippen molar-refractivity contribution in [2.24, 2.45) is 10.7 Å². The van der Waals surface area contributed by atoms with Gasteiger partial charge in [0.1, 0.15) is 0 Å². The van der Waals surface area contributed by atoms with E-state index in [0.29, 0.717) is 12.5 Å². The number of para-hydroxylation sites is 1. The first-order valence-corrected chi connectivity index (χ1v) is 7.75. The average molecular weight is 304 g/mol. The van der Waals surface area contributed by atoms with E-state index in [0.717, 1.165) is 28.6 Å². The molecule has 4 heteroatoms. The summed E-state index contributed by atoms with van der Waals surface area (Å²) in [5.74, 6) is 0.409. The van der Waals surface area contributed by atoms with Gasteiger partial charge in [0, 0.05) is 17.3 Å². The topological polar surface area (TPSA) is 63.3 Å². The van der Waals surface area contributed by atoms with Crippen LogP contribution in [0.25, 0.3) is 10.9 Å². The van der Waals surface area contributed by atoms with Crippen LogP contribution in [0.15, 0.2) is 65.8 Å². The van der Waals surface area contributed by atoms with E-state index in [9.17, 15) is 0 Å². The van der Waals surface area contributed by atoms with Crippen LogP contribution in [0.4, 0.5) is 5.69 Å². The monoisotopic (exact) mass is 304 g/mol. The summed E-state index contributed by atoms with van der Waals surface area (Å²) in [7, 11) is 0. The highest BCUT2D eigenvalue weighted by Crippen LogP contribution is 2.17. The molecule has 0 saturated heterocycles. The smallest absolute Gasteiger partial charge is 0.193 e. The summed E-state index contributed by atoms with van der Waals surface area (Å²) in [4.78, 5) is 8.87. The molecule has 23 heavy (non-hydrogen) atoms. The maximum Gasteiger partial charge on any atom is 0.193 e. The highest BCUT2D eigenvalue weighted by Gasteiger charge is 2.02. The third kappa shape index (κ3) is 3.66. The molecular weight excluding hydrogens is 284 g/mol. The van der Waals surface area contributed by atoms with Gasteiger partial charge in [0.05, 0.1) is 12.1 Å². The molecule has 3 N–H and O–H groups in total. The van der Waals surface area contributed by atoms with Gasteiger partial charge in [0.25, 0.3) is 0 Å². The molecule has 0 spiro atoms. The molecule has 0 saturated carbocycles. The fourth-order valence-electron chi connectivity index (χ4n) is 2.52. The van der Waals surface area contributed by atoms with Gasteiger partial charge in [-0.25, -0.2) is 4.99 Å². The maximum atomic E-state index is 6.01. The second-order valence-corrected chi connectivity index (χ2v) is 5.37. The number of benzene rings is 2. The largest absolute Gasteiger partial charge is 0.370 e. The minimum Gasteiger partial charge on any atom is -0.370 e. The summed E-state index contributed by atoms with van der Waals surface area (Å²) in [6, 6.07) is 18.3. The number of nitrogens with two attached hydrogens (primary N) is 1. The number of anilines is 1. The molecule has 0 amide bonds. The van der Waals surface area contributed by atoms with Gasteiger partial charge < -0.3 is 11.1 Å². The predicted octanol–water partition coefficient (Wildman–Crippen LogP) is 3.72. The Morgan fingerprint density at radius 3 is 2.83 bits per heavy atom. The molecule has 0 fully saturated rings. The van der Waals surface area contributed by atoms with Gasteiger partial charge in [0.15, 0.2) is 5.96 Å². The zero-order chi connectivity index (χ0) is 16.1. The Hall–Kier alpha value is -2.88. The van der Waals surface area contributed by atoms with E-state index in [4.69, 9.17) is 5.73 Å². The molecule has 116 valence electrons. The molecular formula is C19H20N4. The van der Waals surface area contributed by atoms with Gasteiger partial charge in [-0.15, -0.1) is 0 Å². The molecule has 0 bridgehead atoms. The van der Waals surface area contributed by atoms with Crippen molar-refractivity contribution in [2.75, 3.05) is 5.32 Å². The fraction of sp³-hybridized carbons (Fsp3) is 0.158. The zero-order valence-corrected chi connectivity index (χ0v) is 13.2. The fourth-order valence-corrected chi connectivity index (χ4v) is 2.52. The van der Waals surface area contributed by atoms with Crippen molar-refractivity contribution >= 4 is 22.5 Å². The van der Waals surface area contributed by atoms with E-state index in [1.54, 1.807) is 6.20 Å². The van der Waals surface area contributed by atoms with Gasteiger partial charge >= 0.3 is 0 Å². The number of aliphatic imine (C=N–C) groups is 1. The molecule has 1 heterocycles. The molecule has 0 unspecified atom stereocenters. The van der Waals surface area contributed by atoms with Crippen LogP contribution < -0.4 is 11.1 Å². The van der Waals surface area contributed by atoms with Crippen molar-refractivity contribution in [3.63, 3.8) is 0 Å². The van der Waals surface area contributed by atoms with E-state index in [1.807, 2.05) is 42.5 Å². The van der Waals surface area contributed by atoms with Gasteiger partial charge in [-0.05, 0) is 35.7 Å². The summed E-state index contributed by atoms with van der Waals surface area (Å²) in [6.45, 7) is 2.63. The summed E-state index contributed by atoms with van der Waals surface area (Å²) in [5.41, 5.74) is 10.3. The Kier molecular flexibility index (Phi) is 4.52. The number of nitrogens with one attached hydrogen (secondary N) is 1. The van der Waals surface area contributed by atoms with Gasteiger partial charge in [-0.1, -0.05) is 43.3 Å². The van der Waals surface area contributed by atoms with E-state index >= 15 is 0 Å². The van der Waals surface area contributed by atoms with Crippen LogP contribution in [-0.2, 0) is 13.0 Å². The van der Waals surface area contributed by atoms with Crippen molar-refractivity contribution in [2.45, 2.75) is 19.9 Å². The summed E-state index contributed by atoms with van der Waals surface area (Å²) >= 11 is 0. The number of rotatable bonds is 4. The molecule has 3 rings (SSSR count). The number of nitrogens with zero attached hydrogens (tertiary/aromatic N) is 2. The first kappa shape index (κ1) is 15.0. The van der Waals surface area contributed by atoms with Crippen molar-refractivity contribution in [3.05, 3.63) is 71.9 Å². The second-order valence-electron chi connectivity index (χ2n) is 5.37. The van der Waals surface area contributed by atoms with Crippen molar-refractivity contribution < 1.29 is 0 Å². The standard InChI is InChI=1S/C19H20N4/c1-2-14-6-3-10-17(12-14)23-19(20)22-13-16-8-4-7-15-9-5-11-21-18(15)16/h3-12H,2,13H2,1H3,(H3,20,22,23). The molecule has 0 aliphatic rings. The first-order chi connectivity index (χ1) is 11.3. The molecule has 1 aromatic heterocycles. The first-order valence-electron chi connectivity index (χ1n) is 7.75. The summed E-state index contributed by atoms with van der Waals surface area (Å²) in [6.07, 6.45) is 2.79. The molecule has 2 aromatic carbocycles. The lowest BCUT2D eigenvalue weighted by Crippen LogP contribution is -2.22. The summed E-state index contributed by atoms with van der Waals surface area (Å²) in [5, 5.41) is 4.26. The number of pyridine rings is 1. The number of guanidine groups is 1. The van der Waals surface area contributed by atoms with Crippen molar-refractivity contribution in [1.82, 2.24) is 4.98 Å². The third-order valence-electron chi connectivity index (χ3n) is 3.74. The molecule has 3 aromatic rings. The van der Waals surface area contributed by atoms with Crippen LogP contribution in [0.1, 0.15) is 18.1 Å². The molecule has 0 aliphatic carbocycles. The van der Waals surface area contributed by atoms with E-state index in [-0.39, 0.29) is 0 Å². The Bertz CT molecular complexity index is 834. The lowest BCUT2D eigenvalue weighted by molar-refractivity contribution is 1.06. The Labute approximate surface area is 136 Å². The maximum absolute atomic E-state index is 6.01. The van der Waals surface area contributed by atoms with Gasteiger partial charge in [-0.2, -0.15) is 0 Å². The third-order valence-corrected chi connectivity index (χ3v) is 3.74. The number of aryl methyl sites for hydroxylation is 1. The van der Waals surface area contributed by atoms with E-state index in [1.165, 1.54) is 5.56 Å². The molecule has 0 atom stereocenters. The number of hydrogen-bond donors (Lipinski definition) is 2. The van der Waals surface area contributed by atoms with E-state index in [2.05, 4.69) is 34.3 Å². The van der Waals surface area contributed by atoms with Crippen LogP contribution >= 0.6 is 0 Å². The average Bonchev–Trinajstić information content (AvgIpc) is 2.60. The van der Waals surface area contributed by atoms with Crippen LogP contribution in [0.2, 0.25) is 0 Å². The highest BCUT2D eigenvalue weighted by atomic mass is 15.1. The molecule has 4 nitrogen and oxygen atoms in total. The van der Waals surface area contributed by atoms with Crippen LogP contribution in [0, 0.1) is 0 Å². The Morgan fingerprint density at radius 2 is 1.96 bits per heavy atom. The minimum absolute atomic E-state index is 0.409. The van der Waals surface area contributed by atoms with Crippen LogP contribution in [-0.4, -0.2) is 10.9 Å². The Balaban J connectivity index is 1.76. The van der Waals surface area contributed by atoms with Gasteiger partial charge in [-0.3, -0.25) is 4.98 Å². The lowest BCUT2D eigenvalue weighted by atomic mass is 10.1. The zero-order valence-electron chi connectivity index (χ0n) is 13.2. The minimum atomic E-state index is 0.409. The second kappa shape index (κ2) is 6.92. The normalized spacial score (nSPS) is 11.6. The summed E-state index contributed by atoms with van der Waals surface area (Å²) < 4.78 is 0. The molecule has 0 aliphatic heterocycles. The lowest BCUT2D eigenvalue weighted by Gasteiger charge is -2.08. The number of aromatic nitrogens is 1. The van der Waals surface area contributed by atoms with Crippen molar-refractivity contribution in [3.8, 4) is 0 Å². The quantitative estimate of drug-likeness (QED) is 0.570. The van der Waals surface area contributed by atoms with E-state index < -0.39 is 0 Å². The predicted molar refractivity (Wildman–Crippen MR) is 96.5 cm³/mol. The van der Waals surface area contributed by atoms with Gasteiger partial charge in [0.2, 0.25) is 0 Å².